The van der Waals surface area contributed by atoms with Gasteiger partial charge in [0.1, 0.15) is 0 Å². The lowest BCUT2D eigenvalue weighted by Gasteiger charge is -2.27. The molecule has 1 fully saturated rings. The third-order valence-electron chi connectivity index (χ3n) is 3.41. The van der Waals surface area contributed by atoms with Crippen LogP contribution in [0.5, 0.6) is 0 Å². The molecule has 0 spiro atoms. The van der Waals surface area contributed by atoms with E-state index >= 15 is 0 Å². The Morgan fingerprint density at radius 2 is 2.11 bits per heavy atom. The minimum Gasteiger partial charge on any atom is -0.392 e. The molecule has 1 atom stereocenters. The highest BCUT2D eigenvalue weighted by Crippen LogP contribution is 2.39. The summed E-state index contributed by atoms with van der Waals surface area (Å²) in [6.45, 7) is 2.22. The lowest BCUT2D eigenvalue weighted by atomic mass is 10.1. The predicted octanol–water partition coefficient (Wildman–Crippen LogP) is 3.19. The molecule has 1 N–H and O–H groups in total. The third kappa shape index (κ3) is 2.46. The van der Waals surface area contributed by atoms with E-state index in [0.717, 1.165) is 18.9 Å². The van der Waals surface area contributed by atoms with E-state index in [2.05, 4.69) is 0 Å². The molecule has 5 heteroatoms. The summed E-state index contributed by atoms with van der Waals surface area (Å²) in [4.78, 5) is 1.80. The van der Waals surface area contributed by atoms with Crippen molar-refractivity contribution < 1.29 is 18.3 Å². The molecule has 0 aromatic heterocycles. The molecule has 1 aromatic carbocycles. The highest BCUT2D eigenvalue weighted by molar-refractivity contribution is 5.57. The number of aliphatic hydroxyl groups excluding tert-OH is 1. The van der Waals surface area contributed by atoms with Crippen LogP contribution >= 0.6 is 0 Å². The number of rotatable bonds is 2. The number of alkyl halides is 3. The number of aliphatic hydroxyl groups is 1. The van der Waals surface area contributed by atoms with E-state index in [9.17, 15) is 13.2 Å². The molecular weight excluding hydrogens is 243 g/mol. The molecule has 1 aliphatic rings. The Hall–Kier alpha value is -1.23. The fraction of sp³-hybridized carbons (Fsp3) is 0.538. The molecule has 100 valence electrons. The van der Waals surface area contributed by atoms with Crippen molar-refractivity contribution in [1.29, 1.82) is 0 Å². The molecule has 0 aliphatic carbocycles. The van der Waals surface area contributed by atoms with Crippen molar-refractivity contribution in [3.63, 3.8) is 0 Å². The van der Waals surface area contributed by atoms with Crippen molar-refractivity contribution in [2.75, 3.05) is 11.4 Å². The van der Waals surface area contributed by atoms with Crippen molar-refractivity contribution in [3.05, 3.63) is 29.3 Å². The van der Waals surface area contributed by atoms with Crippen molar-refractivity contribution in [3.8, 4) is 0 Å². The second-order valence-corrected chi connectivity index (χ2v) is 4.69. The predicted molar refractivity (Wildman–Crippen MR) is 63.4 cm³/mol. The molecule has 18 heavy (non-hydrogen) atoms. The second-order valence-electron chi connectivity index (χ2n) is 4.69. The molecule has 2 nitrogen and oxygen atoms in total. The molecular formula is C13H16F3NO. The van der Waals surface area contributed by atoms with Gasteiger partial charge < -0.3 is 10.0 Å². The van der Waals surface area contributed by atoms with E-state index in [-0.39, 0.29) is 23.9 Å². The molecule has 1 aliphatic heterocycles. The third-order valence-corrected chi connectivity index (χ3v) is 3.41. The first-order valence-corrected chi connectivity index (χ1v) is 6.01. The lowest BCUT2D eigenvalue weighted by Crippen LogP contribution is -2.28. The maximum atomic E-state index is 13.0. The van der Waals surface area contributed by atoms with Crippen LogP contribution in [0.25, 0.3) is 0 Å². The van der Waals surface area contributed by atoms with Gasteiger partial charge in [-0.1, -0.05) is 6.07 Å². The summed E-state index contributed by atoms with van der Waals surface area (Å²) in [5.41, 5.74) is -0.134. The zero-order valence-corrected chi connectivity index (χ0v) is 10.2. The van der Waals surface area contributed by atoms with Gasteiger partial charge in [-0.2, -0.15) is 13.2 Å². The molecule has 1 unspecified atom stereocenters. The second kappa shape index (κ2) is 4.80. The summed E-state index contributed by atoms with van der Waals surface area (Å²) < 4.78 is 39.1. The van der Waals surface area contributed by atoms with Crippen LogP contribution in [0.2, 0.25) is 0 Å². The van der Waals surface area contributed by atoms with Gasteiger partial charge in [-0.3, -0.25) is 0 Å². The number of benzene rings is 1. The minimum absolute atomic E-state index is 0.131. The molecule has 1 heterocycles. The topological polar surface area (TPSA) is 23.5 Å². The Balaban J connectivity index is 2.46. The average molecular weight is 259 g/mol. The van der Waals surface area contributed by atoms with Crippen LogP contribution < -0.4 is 4.90 Å². The molecule has 0 bridgehead atoms. The summed E-state index contributed by atoms with van der Waals surface area (Å²) in [6, 6.07) is 4.19. The number of halogens is 3. The fourth-order valence-electron chi connectivity index (χ4n) is 2.45. The highest BCUT2D eigenvalue weighted by Gasteiger charge is 2.36. The normalized spacial score (nSPS) is 20.5. The summed E-state index contributed by atoms with van der Waals surface area (Å²) in [7, 11) is 0. The average Bonchev–Trinajstić information content (AvgIpc) is 2.73. The summed E-state index contributed by atoms with van der Waals surface area (Å²) >= 11 is 0. The van der Waals surface area contributed by atoms with Gasteiger partial charge >= 0.3 is 6.18 Å². The Morgan fingerprint density at radius 3 is 2.61 bits per heavy atom. The number of hydrogen-bond donors (Lipinski definition) is 1. The first-order chi connectivity index (χ1) is 8.43. The number of nitrogens with zero attached hydrogens (tertiary/aromatic N) is 1. The van der Waals surface area contributed by atoms with E-state index in [1.807, 2.05) is 6.92 Å². The van der Waals surface area contributed by atoms with E-state index in [1.54, 1.807) is 11.0 Å². The highest BCUT2D eigenvalue weighted by atomic mass is 19.4. The Kier molecular flexibility index (Phi) is 3.52. The van der Waals surface area contributed by atoms with Crippen molar-refractivity contribution in [2.45, 2.75) is 38.6 Å². The van der Waals surface area contributed by atoms with Gasteiger partial charge in [-0.15, -0.1) is 0 Å². The van der Waals surface area contributed by atoms with Crippen LogP contribution in [0.15, 0.2) is 18.2 Å². The van der Waals surface area contributed by atoms with Crippen LogP contribution in [0.1, 0.15) is 30.9 Å². The molecule has 1 aromatic rings. The van der Waals surface area contributed by atoms with Gasteiger partial charge in [0.2, 0.25) is 0 Å². The number of hydrogen-bond acceptors (Lipinski definition) is 2. The minimum atomic E-state index is -4.39. The molecule has 2 rings (SSSR count). The van der Waals surface area contributed by atoms with Gasteiger partial charge in [0.25, 0.3) is 0 Å². The van der Waals surface area contributed by atoms with E-state index in [4.69, 9.17) is 5.11 Å². The largest absolute Gasteiger partial charge is 0.418 e. The van der Waals surface area contributed by atoms with Crippen molar-refractivity contribution in [2.24, 2.45) is 0 Å². The Bertz CT molecular complexity index is 431. The summed E-state index contributed by atoms with van der Waals surface area (Å²) in [5.74, 6) is 0. The maximum Gasteiger partial charge on any atom is 0.418 e. The first-order valence-electron chi connectivity index (χ1n) is 6.01. The van der Waals surface area contributed by atoms with E-state index < -0.39 is 11.7 Å². The monoisotopic (exact) mass is 259 g/mol. The van der Waals surface area contributed by atoms with Gasteiger partial charge in [-0.25, -0.2) is 0 Å². The summed E-state index contributed by atoms with van der Waals surface area (Å²) in [5, 5.41) is 8.96. The number of anilines is 1. The van der Waals surface area contributed by atoms with Crippen LogP contribution in [-0.4, -0.2) is 17.7 Å². The fourth-order valence-corrected chi connectivity index (χ4v) is 2.45. The lowest BCUT2D eigenvalue weighted by molar-refractivity contribution is -0.137. The molecule has 0 saturated carbocycles. The molecule has 0 amide bonds. The first kappa shape index (κ1) is 13.2. The van der Waals surface area contributed by atoms with Gasteiger partial charge in [0.05, 0.1) is 12.2 Å². The molecule has 1 saturated heterocycles. The van der Waals surface area contributed by atoms with E-state index in [0.29, 0.717) is 6.54 Å². The SMILES string of the molecule is CC1CCCN1c1ccc(CO)cc1C(F)(F)F. The smallest absolute Gasteiger partial charge is 0.392 e. The van der Waals surface area contributed by atoms with Crippen LogP contribution in [0, 0.1) is 0 Å². The van der Waals surface area contributed by atoms with Crippen LogP contribution in [0.3, 0.4) is 0 Å². The van der Waals surface area contributed by atoms with Gasteiger partial charge in [0, 0.05) is 18.3 Å². The Labute approximate surface area is 104 Å². The quantitative estimate of drug-likeness (QED) is 0.881. The van der Waals surface area contributed by atoms with E-state index in [1.165, 1.54) is 6.07 Å². The Morgan fingerprint density at radius 1 is 1.39 bits per heavy atom. The zero-order valence-electron chi connectivity index (χ0n) is 10.2. The van der Waals surface area contributed by atoms with Crippen molar-refractivity contribution >= 4 is 5.69 Å². The zero-order chi connectivity index (χ0) is 13.3. The van der Waals surface area contributed by atoms with Gasteiger partial charge in [0.15, 0.2) is 0 Å². The molecule has 0 radical (unpaired) electrons. The maximum absolute atomic E-state index is 13.0. The van der Waals surface area contributed by atoms with Crippen molar-refractivity contribution in [1.82, 2.24) is 0 Å². The standard InChI is InChI=1S/C13H16F3NO/c1-9-3-2-6-17(9)12-5-4-10(8-18)7-11(12)13(14,15)16/h4-5,7,9,18H,2-3,6,8H2,1H3. The summed E-state index contributed by atoms with van der Waals surface area (Å²) in [6.07, 6.45) is -2.55. The van der Waals surface area contributed by atoms with Gasteiger partial charge in [-0.05, 0) is 37.5 Å². The van der Waals surface area contributed by atoms with Crippen LogP contribution in [0.4, 0.5) is 18.9 Å². The van der Waals surface area contributed by atoms with Crippen LogP contribution in [-0.2, 0) is 12.8 Å².